The molecule has 0 saturated heterocycles. The molecule has 1 atom stereocenters. The van der Waals surface area contributed by atoms with E-state index in [2.05, 4.69) is 0 Å². The van der Waals surface area contributed by atoms with Crippen LogP contribution in [0, 0.1) is 0 Å². The summed E-state index contributed by atoms with van der Waals surface area (Å²) in [6, 6.07) is 5.42. The van der Waals surface area contributed by atoms with Gasteiger partial charge in [-0.2, -0.15) is 4.31 Å². The van der Waals surface area contributed by atoms with E-state index in [0.29, 0.717) is 10.1 Å². The van der Waals surface area contributed by atoms with E-state index in [1.54, 1.807) is 0 Å². The molecule has 124 valence electrons. The number of methoxy groups -OCH3 is 1. The molecule has 0 aliphatic heterocycles. The molecule has 0 aromatic heterocycles. The van der Waals surface area contributed by atoms with E-state index >= 15 is 0 Å². The van der Waals surface area contributed by atoms with Crippen molar-refractivity contribution in [3.8, 4) is 5.75 Å². The number of aliphatic hydroxyl groups is 2. The van der Waals surface area contributed by atoms with Gasteiger partial charge in [0.2, 0.25) is 10.0 Å². The minimum atomic E-state index is -4.10. The van der Waals surface area contributed by atoms with Crippen molar-refractivity contribution in [3.63, 3.8) is 0 Å². The molecule has 1 aromatic rings. The summed E-state index contributed by atoms with van der Waals surface area (Å²) in [4.78, 5) is 11.1. The lowest BCUT2D eigenvalue weighted by molar-refractivity contribution is -0.129. The SMILES string of the molecule is COc1ccc(S(=O)(=O)N(CC(=O)NO)CC(O)CO)cc1. The van der Waals surface area contributed by atoms with E-state index in [1.165, 1.54) is 36.9 Å². The summed E-state index contributed by atoms with van der Waals surface area (Å²) in [6.07, 6.45) is -1.36. The van der Waals surface area contributed by atoms with E-state index < -0.39 is 41.7 Å². The summed E-state index contributed by atoms with van der Waals surface area (Å²) in [5.74, 6) is -0.517. The quantitative estimate of drug-likeness (QED) is 0.337. The number of carbonyl (C=O) groups is 1. The summed E-state index contributed by atoms with van der Waals surface area (Å²) in [6.45, 7) is -1.88. The molecule has 0 radical (unpaired) electrons. The predicted octanol–water partition coefficient (Wildman–Crippen LogP) is -1.46. The first kappa shape index (κ1) is 18.3. The number of amides is 1. The highest BCUT2D eigenvalue weighted by Gasteiger charge is 2.28. The van der Waals surface area contributed by atoms with Crippen LogP contribution in [0.3, 0.4) is 0 Å². The lowest BCUT2D eigenvalue weighted by Crippen LogP contribution is -2.44. The Morgan fingerprint density at radius 3 is 2.41 bits per heavy atom. The Morgan fingerprint density at radius 1 is 1.36 bits per heavy atom. The van der Waals surface area contributed by atoms with Gasteiger partial charge in [0.15, 0.2) is 0 Å². The van der Waals surface area contributed by atoms with Crippen LogP contribution < -0.4 is 10.2 Å². The maximum atomic E-state index is 12.5. The molecule has 1 aromatic carbocycles. The van der Waals surface area contributed by atoms with Crippen molar-refractivity contribution < 1.29 is 33.4 Å². The third-order valence-corrected chi connectivity index (χ3v) is 4.59. The second kappa shape index (κ2) is 8.06. The molecule has 10 heteroatoms. The molecule has 0 spiro atoms. The number of benzene rings is 1. The molecule has 0 fully saturated rings. The Labute approximate surface area is 127 Å². The van der Waals surface area contributed by atoms with Crippen molar-refractivity contribution >= 4 is 15.9 Å². The highest BCUT2D eigenvalue weighted by Crippen LogP contribution is 2.19. The van der Waals surface area contributed by atoms with Crippen molar-refractivity contribution in [2.75, 3.05) is 26.8 Å². The van der Waals surface area contributed by atoms with E-state index in [-0.39, 0.29) is 4.90 Å². The van der Waals surface area contributed by atoms with Crippen LogP contribution in [0.4, 0.5) is 0 Å². The van der Waals surface area contributed by atoms with Gasteiger partial charge in [-0.05, 0) is 24.3 Å². The van der Waals surface area contributed by atoms with Gasteiger partial charge in [0.05, 0.1) is 31.3 Å². The Bertz CT molecular complexity index is 588. The number of hydrogen-bond donors (Lipinski definition) is 4. The van der Waals surface area contributed by atoms with Crippen LogP contribution in [0.5, 0.6) is 5.75 Å². The number of ether oxygens (including phenoxy) is 1. The van der Waals surface area contributed by atoms with Gasteiger partial charge in [-0.25, -0.2) is 13.9 Å². The average molecular weight is 334 g/mol. The van der Waals surface area contributed by atoms with Gasteiger partial charge in [-0.15, -0.1) is 0 Å². The fourth-order valence-corrected chi connectivity index (χ4v) is 3.07. The van der Waals surface area contributed by atoms with Crippen LogP contribution in [0.1, 0.15) is 0 Å². The summed E-state index contributed by atoms with van der Waals surface area (Å²) in [5, 5.41) is 26.8. The van der Waals surface area contributed by atoms with Crippen LogP contribution >= 0.6 is 0 Å². The number of aliphatic hydroxyl groups excluding tert-OH is 2. The monoisotopic (exact) mass is 334 g/mol. The van der Waals surface area contributed by atoms with E-state index in [0.717, 1.165) is 0 Å². The highest BCUT2D eigenvalue weighted by molar-refractivity contribution is 7.89. The summed E-state index contributed by atoms with van der Waals surface area (Å²) >= 11 is 0. The van der Waals surface area contributed by atoms with Crippen molar-refractivity contribution in [2.45, 2.75) is 11.0 Å². The number of nitrogens with zero attached hydrogens (tertiary/aromatic N) is 1. The molecule has 22 heavy (non-hydrogen) atoms. The molecular formula is C12H18N2O7S. The minimum Gasteiger partial charge on any atom is -0.497 e. The largest absolute Gasteiger partial charge is 0.497 e. The number of rotatable bonds is 8. The maximum absolute atomic E-state index is 12.5. The third-order valence-electron chi connectivity index (χ3n) is 2.77. The van der Waals surface area contributed by atoms with Gasteiger partial charge in [0.1, 0.15) is 5.75 Å². The molecule has 1 amide bonds. The Kier molecular flexibility index (Phi) is 6.71. The molecule has 9 nitrogen and oxygen atoms in total. The zero-order valence-corrected chi connectivity index (χ0v) is 12.7. The molecule has 0 aliphatic carbocycles. The number of nitrogens with one attached hydrogen (secondary N) is 1. The zero-order valence-electron chi connectivity index (χ0n) is 11.8. The van der Waals surface area contributed by atoms with E-state index in [1.807, 2.05) is 0 Å². The maximum Gasteiger partial charge on any atom is 0.258 e. The summed E-state index contributed by atoms with van der Waals surface area (Å²) in [5.41, 5.74) is 1.32. The van der Waals surface area contributed by atoms with Crippen LogP contribution in [0.25, 0.3) is 0 Å². The molecule has 1 rings (SSSR count). The Morgan fingerprint density at radius 2 is 1.95 bits per heavy atom. The number of sulfonamides is 1. The van der Waals surface area contributed by atoms with Gasteiger partial charge in [0, 0.05) is 6.54 Å². The van der Waals surface area contributed by atoms with Gasteiger partial charge >= 0.3 is 0 Å². The fraction of sp³-hybridized carbons (Fsp3) is 0.417. The molecule has 0 saturated carbocycles. The molecule has 4 N–H and O–H groups in total. The predicted molar refractivity (Wildman–Crippen MR) is 74.8 cm³/mol. The Balaban J connectivity index is 3.09. The first-order chi connectivity index (χ1) is 10.3. The van der Waals surface area contributed by atoms with Gasteiger partial charge in [0.25, 0.3) is 5.91 Å². The smallest absolute Gasteiger partial charge is 0.258 e. The van der Waals surface area contributed by atoms with Crippen LogP contribution in [0.15, 0.2) is 29.2 Å². The highest BCUT2D eigenvalue weighted by atomic mass is 32.2. The number of carbonyl (C=O) groups excluding carboxylic acids is 1. The van der Waals surface area contributed by atoms with Crippen LogP contribution in [0.2, 0.25) is 0 Å². The summed E-state index contributed by atoms with van der Waals surface area (Å²) < 4.78 is 30.5. The fourth-order valence-electron chi connectivity index (χ4n) is 1.63. The first-order valence-corrected chi connectivity index (χ1v) is 7.65. The van der Waals surface area contributed by atoms with Gasteiger partial charge in [-0.1, -0.05) is 0 Å². The minimum absolute atomic E-state index is 0.121. The topological polar surface area (TPSA) is 136 Å². The zero-order chi connectivity index (χ0) is 16.8. The molecule has 0 bridgehead atoms. The summed E-state index contributed by atoms with van der Waals surface area (Å²) in [7, 11) is -2.67. The molecule has 0 heterocycles. The van der Waals surface area contributed by atoms with Crippen molar-refractivity contribution in [2.24, 2.45) is 0 Å². The normalized spacial score (nSPS) is 13.0. The lowest BCUT2D eigenvalue weighted by atomic mass is 10.3. The van der Waals surface area contributed by atoms with Gasteiger partial charge in [-0.3, -0.25) is 10.0 Å². The van der Waals surface area contributed by atoms with Crippen LogP contribution in [-0.4, -0.2) is 67.0 Å². The third kappa shape index (κ3) is 4.64. The Hall–Kier alpha value is -1.72. The molecule has 1 unspecified atom stereocenters. The molecule has 0 aliphatic rings. The number of hydrogen-bond acceptors (Lipinski definition) is 7. The standard InChI is InChI=1S/C12H18N2O7S/c1-21-10-2-4-11(5-3-10)22(19,20)14(6-9(16)8-15)7-12(17)13-18/h2-5,9,15-16,18H,6-8H2,1H3,(H,13,17). The lowest BCUT2D eigenvalue weighted by Gasteiger charge is -2.23. The van der Waals surface area contributed by atoms with Crippen molar-refractivity contribution in [3.05, 3.63) is 24.3 Å². The van der Waals surface area contributed by atoms with Crippen molar-refractivity contribution in [1.29, 1.82) is 0 Å². The second-order valence-corrected chi connectivity index (χ2v) is 6.28. The van der Waals surface area contributed by atoms with E-state index in [4.69, 9.17) is 15.1 Å². The van der Waals surface area contributed by atoms with Gasteiger partial charge < -0.3 is 14.9 Å². The number of hydroxylamine groups is 1. The molecular weight excluding hydrogens is 316 g/mol. The van der Waals surface area contributed by atoms with Crippen LogP contribution in [-0.2, 0) is 14.8 Å². The second-order valence-electron chi connectivity index (χ2n) is 4.34. The van der Waals surface area contributed by atoms with Crippen molar-refractivity contribution in [1.82, 2.24) is 9.79 Å². The van der Waals surface area contributed by atoms with E-state index in [9.17, 15) is 18.3 Å². The first-order valence-electron chi connectivity index (χ1n) is 6.21. The average Bonchev–Trinajstić information content (AvgIpc) is 2.53.